The molecule has 2 aromatic heterocycles. The summed E-state index contributed by atoms with van der Waals surface area (Å²) in [5, 5.41) is 18.3. The van der Waals surface area contributed by atoms with E-state index < -0.39 is 0 Å². The lowest BCUT2D eigenvalue weighted by molar-refractivity contribution is 0.580. The van der Waals surface area contributed by atoms with Crippen molar-refractivity contribution < 1.29 is 0 Å². The van der Waals surface area contributed by atoms with Crippen molar-refractivity contribution in [3.8, 4) is 11.4 Å². The molecule has 0 spiro atoms. The fourth-order valence-corrected chi connectivity index (χ4v) is 4.24. The summed E-state index contributed by atoms with van der Waals surface area (Å²) in [4.78, 5) is 7.36. The van der Waals surface area contributed by atoms with Crippen LogP contribution in [0, 0.1) is 6.92 Å². The molecule has 0 amide bonds. The van der Waals surface area contributed by atoms with Crippen molar-refractivity contribution in [3.05, 3.63) is 65.5 Å². The van der Waals surface area contributed by atoms with Gasteiger partial charge in [0.25, 0.3) is 0 Å². The maximum absolute atomic E-state index is 5.02. The van der Waals surface area contributed by atoms with E-state index in [9.17, 15) is 0 Å². The van der Waals surface area contributed by atoms with Gasteiger partial charge in [0, 0.05) is 44.2 Å². The third kappa shape index (κ3) is 4.01. The van der Waals surface area contributed by atoms with Crippen molar-refractivity contribution in [2.24, 2.45) is 7.05 Å². The Kier molecular flexibility index (Phi) is 5.34. The lowest BCUT2D eigenvalue weighted by atomic mass is 10.1. The maximum atomic E-state index is 5.02. The van der Waals surface area contributed by atoms with E-state index in [-0.39, 0.29) is 0 Å². The first kappa shape index (κ1) is 19.6. The predicted octanol–water partition coefficient (Wildman–Crippen LogP) is 2.93. The molecule has 1 N–H and O–H groups in total. The molecular weight excluding hydrogens is 386 g/mol. The Morgan fingerprint density at radius 3 is 2.58 bits per heavy atom. The first-order chi connectivity index (χ1) is 15.2. The molecule has 1 aliphatic rings. The van der Waals surface area contributed by atoms with E-state index in [4.69, 9.17) is 4.98 Å². The zero-order chi connectivity index (χ0) is 21.2. The highest BCUT2D eigenvalue weighted by Crippen LogP contribution is 2.26. The second kappa shape index (κ2) is 8.43. The maximum Gasteiger partial charge on any atom is 0.183 e. The fraction of sp³-hybridized carbons (Fsp3) is 0.333. The standard InChI is InChI=1S/C24H27N7/c1-17-20-16-19(9-11-22(20)30(2)29-17)23-26-24(31-14-12-25-13-15-31)21(27-28-23)10-8-18-6-4-3-5-7-18/h3-7,9,11,16,25H,8,10,12-15H2,1-2H3. The lowest BCUT2D eigenvalue weighted by Gasteiger charge is -2.29. The summed E-state index contributed by atoms with van der Waals surface area (Å²) >= 11 is 0. The van der Waals surface area contributed by atoms with Crippen molar-refractivity contribution >= 4 is 16.7 Å². The number of nitrogens with zero attached hydrogens (tertiary/aromatic N) is 6. The average molecular weight is 414 g/mol. The van der Waals surface area contributed by atoms with Gasteiger partial charge in [-0.3, -0.25) is 4.68 Å². The van der Waals surface area contributed by atoms with Crippen LogP contribution >= 0.6 is 0 Å². The molecule has 7 heteroatoms. The smallest absolute Gasteiger partial charge is 0.183 e. The minimum absolute atomic E-state index is 0.669. The van der Waals surface area contributed by atoms with Crippen molar-refractivity contribution in [1.82, 2.24) is 30.3 Å². The number of rotatable bonds is 5. The van der Waals surface area contributed by atoms with Crippen molar-refractivity contribution in [3.63, 3.8) is 0 Å². The number of hydrogen-bond acceptors (Lipinski definition) is 6. The van der Waals surface area contributed by atoms with Crippen LogP contribution in [0.3, 0.4) is 0 Å². The minimum atomic E-state index is 0.669. The number of anilines is 1. The van der Waals surface area contributed by atoms with Crippen LogP contribution in [0.4, 0.5) is 5.82 Å². The predicted molar refractivity (Wildman–Crippen MR) is 123 cm³/mol. The quantitative estimate of drug-likeness (QED) is 0.542. The summed E-state index contributed by atoms with van der Waals surface area (Å²) in [6, 6.07) is 16.8. The van der Waals surface area contributed by atoms with Crippen LogP contribution in [0.2, 0.25) is 0 Å². The number of nitrogens with one attached hydrogen (secondary N) is 1. The van der Waals surface area contributed by atoms with Crippen molar-refractivity contribution in [2.45, 2.75) is 19.8 Å². The Bertz CT molecular complexity index is 1190. The fourth-order valence-electron chi connectivity index (χ4n) is 4.24. The molecule has 4 aromatic rings. The van der Waals surface area contributed by atoms with E-state index in [1.54, 1.807) is 0 Å². The van der Waals surface area contributed by atoms with E-state index >= 15 is 0 Å². The van der Waals surface area contributed by atoms with Gasteiger partial charge < -0.3 is 10.2 Å². The molecule has 2 aromatic carbocycles. The van der Waals surface area contributed by atoms with E-state index in [0.717, 1.165) is 72.7 Å². The van der Waals surface area contributed by atoms with Crippen LogP contribution in [0.5, 0.6) is 0 Å². The zero-order valence-corrected chi connectivity index (χ0v) is 18.0. The molecule has 3 heterocycles. The Morgan fingerprint density at radius 1 is 0.968 bits per heavy atom. The molecule has 1 fully saturated rings. The first-order valence-electron chi connectivity index (χ1n) is 10.9. The van der Waals surface area contributed by atoms with Crippen LogP contribution in [0.1, 0.15) is 17.0 Å². The summed E-state index contributed by atoms with van der Waals surface area (Å²) in [7, 11) is 1.97. The van der Waals surface area contributed by atoms with E-state index in [1.807, 2.05) is 24.7 Å². The van der Waals surface area contributed by atoms with Gasteiger partial charge in [-0.15, -0.1) is 10.2 Å². The molecule has 0 saturated carbocycles. The highest BCUT2D eigenvalue weighted by molar-refractivity contribution is 5.86. The Hall–Kier alpha value is -3.32. The molecule has 0 aliphatic carbocycles. The van der Waals surface area contributed by atoms with Gasteiger partial charge in [-0.2, -0.15) is 5.10 Å². The molecular formula is C24H27N7. The molecule has 0 bridgehead atoms. The largest absolute Gasteiger partial charge is 0.352 e. The molecule has 0 radical (unpaired) electrons. The van der Waals surface area contributed by atoms with Gasteiger partial charge in [-0.1, -0.05) is 30.3 Å². The van der Waals surface area contributed by atoms with Crippen LogP contribution in [-0.2, 0) is 19.9 Å². The highest BCUT2D eigenvalue weighted by Gasteiger charge is 2.19. The van der Waals surface area contributed by atoms with Crippen LogP contribution in [0.25, 0.3) is 22.3 Å². The molecule has 7 nitrogen and oxygen atoms in total. The second-order valence-corrected chi connectivity index (χ2v) is 8.07. The normalized spacial score (nSPS) is 14.3. The average Bonchev–Trinajstić information content (AvgIpc) is 3.11. The minimum Gasteiger partial charge on any atom is -0.352 e. The molecule has 158 valence electrons. The summed E-state index contributed by atoms with van der Waals surface area (Å²) in [5.74, 6) is 1.63. The lowest BCUT2D eigenvalue weighted by Crippen LogP contribution is -2.44. The van der Waals surface area contributed by atoms with Crippen molar-refractivity contribution in [2.75, 3.05) is 31.1 Å². The molecule has 0 unspecified atom stereocenters. The van der Waals surface area contributed by atoms with Gasteiger partial charge in [0.15, 0.2) is 11.6 Å². The van der Waals surface area contributed by atoms with Crippen molar-refractivity contribution in [1.29, 1.82) is 0 Å². The topological polar surface area (TPSA) is 71.8 Å². The highest BCUT2D eigenvalue weighted by atomic mass is 15.3. The number of hydrogen-bond donors (Lipinski definition) is 1. The molecule has 5 rings (SSSR count). The summed E-state index contributed by atoms with van der Waals surface area (Å²) in [5.41, 5.74) is 5.36. The second-order valence-electron chi connectivity index (χ2n) is 8.07. The number of aromatic nitrogens is 5. The number of fused-ring (bicyclic) bond motifs is 1. The Morgan fingerprint density at radius 2 is 1.77 bits per heavy atom. The van der Waals surface area contributed by atoms with Gasteiger partial charge in [-0.25, -0.2) is 4.98 Å². The zero-order valence-electron chi connectivity index (χ0n) is 18.0. The van der Waals surface area contributed by atoms with Crippen LogP contribution < -0.4 is 10.2 Å². The Balaban J connectivity index is 1.50. The first-order valence-corrected chi connectivity index (χ1v) is 10.9. The van der Waals surface area contributed by atoms with Gasteiger partial charge >= 0.3 is 0 Å². The van der Waals surface area contributed by atoms with Crippen LogP contribution in [0.15, 0.2) is 48.5 Å². The van der Waals surface area contributed by atoms with E-state index in [1.165, 1.54) is 5.56 Å². The molecule has 1 saturated heterocycles. The summed E-state index contributed by atoms with van der Waals surface area (Å²) in [6.07, 6.45) is 1.75. The number of aryl methyl sites for hydroxylation is 4. The monoisotopic (exact) mass is 413 g/mol. The third-order valence-electron chi connectivity index (χ3n) is 5.94. The molecule has 31 heavy (non-hydrogen) atoms. The van der Waals surface area contributed by atoms with Gasteiger partial charge in [0.05, 0.1) is 11.2 Å². The molecule has 0 atom stereocenters. The SMILES string of the molecule is Cc1nn(C)c2ccc(-c3nnc(CCc4ccccc4)c(N4CCNCC4)n3)cc12. The van der Waals surface area contributed by atoms with Gasteiger partial charge in [0.1, 0.15) is 5.69 Å². The summed E-state index contributed by atoms with van der Waals surface area (Å²) < 4.78 is 1.91. The summed E-state index contributed by atoms with van der Waals surface area (Å²) in [6.45, 7) is 5.80. The number of benzene rings is 2. The van der Waals surface area contributed by atoms with Gasteiger partial charge in [0.2, 0.25) is 0 Å². The Labute approximate surface area is 182 Å². The third-order valence-corrected chi connectivity index (χ3v) is 5.94. The van der Waals surface area contributed by atoms with Gasteiger partial charge in [-0.05, 0) is 43.5 Å². The van der Waals surface area contributed by atoms with Crippen LogP contribution in [-0.4, -0.2) is 51.1 Å². The molecule has 1 aliphatic heterocycles. The van der Waals surface area contributed by atoms with E-state index in [0.29, 0.717) is 5.82 Å². The van der Waals surface area contributed by atoms with E-state index in [2.05, 4.69) is 68.0 Å². The number of piperazine rings is 1.